The average Bonchev–Trinajstić information content (AvgIpc) is 3.01. The lowest BCUT2D eigenvalue weighted by Gasteiger charge is -2.30. The zero-order chi connectivity index (χ0) is 20.1. The first-order chi connectivity index (χ1) is 13.4. The van der Waals surface area contributed by atoms with Crippen LogP contribution in [0.4, 0.5) is 0 Å². The first-order valence-corrected chi connectivity index (χ1v) is 10.1. The van der Waals surface area contributed by atoms with Gasteiger partial charge < -0.3 is 19.5 Å². The molecular weight excluding hydrogens is 358 g/mol. The van der Waals surface area contributed by atoms with Crippen molar-refractivity contribution in [3.05, 3.63) is 36.1 Å². The van der Waals surface area contributed by atoms with Crippen molar-refractivity contribution >= 4 is 11.9 Å². The van der Waals surface area contributed by atoms with E-state index in [2.05, 4.69) is 0 Å². The van der Waals surface area contributed by atoms with E-state index in [4.69, 9.17) is 9.47 Å². The number of para-hydroxylation sites is 2. The maximum Gasteiger partial charge on any atom is 0.326 e. The normalized spacial score (nSPS) is 18.9. The van der Waals surface area contributed by atoms with Crippen LogP contribution in [-0.2, 0) is 9.59 Å². The molecule has 1 heterocycles. The van der Waals surface area contributed by atoms with Crippen molar-refractivity contribution in [1.82, 2.24) is 4.90 Å². The lowest BCUT2D eigenvalue weighted by Crippen LogP contribution is -2.44. The van der Waals surface area contributed by atoms with Crippen molar-refractivity contribution < 1.29 is 24.2 Å². The van der Waals surface area contributed by atoms with E-state index < -0.39 is 12.0 Å². The second kappa shape index (κ2) is 9.13. The molecule has 0 spiro atoms. The van der Waals surface area contributed by atoms with E-state index in [1.54, 1.807) is 6.07 Å². The van der Waals surface area contributed by atoms with Gasteiger partial charge in [-0.05, 0) is 38.3 Å². The minimum Gasteiger partial charge on any atom is -0.487 e. The summed E-state index contributed by atoms with van der Waals surface area (Å²) in [7, 11) is 0. The Morgan fingerprint density at radius 1 is 1.18 bits per heavy atom. The number of benzene rings is 1. The van der Waals surface area contributed by atoms with Crippen molar-refractivity contribution in [2.75, 3.05) is 6.54 Å². The number of hydrogen-bond acceptors (Lipinski definition) is 4. The van der Waals surface area contributed by atoms with Gasteiger partial charge in [0.15, 0.2) is 11.5 Å². The number of carbonyl (C=O) groups excluding carboxylic acids is 1. The third-order valence-electron chi connectivity index (χ3n) is 5.29. The van der Waals surface area contributed by atoms with E-state index in [0.717, 1.165) is 25.7 Å². The summed E-state index contributed by atoms with van der Waals surface area (Å²) in [4.78, 5) is 25.8. The van der Waals surface area contributed by atoms with E-state index >= 15 is 0 Å². The molecule has 1 amide bonds. The van der Waals surface area contributed by atoms with Crippen molar-refractivity contribution in [3.8, 4) is 11.5 Å². The van der Waals surface area contributed by atoms with Gasteiger partial charge in [-0.15, -0.1) is 0 Å². The highest BCUT2D eigenvalue weighted by atomic mass is 16.5. The van der Waals surface area contributed by atoms with E-state index in [9.17, 15) is 14.7 Å². The number of ether oxygens (including phenoxy) is 2. The highest BCUT2D eigenvalue weighted by Gasteiger charge is 2.36. The van der Waals surface area contributed by atoms with Crippen LogP contribution in [0.3, 0.4) is 0 Å². The van der Waals surface area contributed by atoms with E-state index in [1.165, 1.54) is 17.4 Å². The fraction of sp³-hybridized carbons (Fsp3) is 0.545. The first kappa shape index (κ1) is 20.2. The molecule has 152 valence electrons. The summed E-state index contributed by atoms with van der Waals surface area (Å²) in [5.41, 5.74) is 0. The molecule has 28 heavy (non-hydrogen) atoms. The molecule has 0 saturated heterocycles. The average molecular weight is 387 g/mol. The number of nitrogens with zero attached hydrogens (tertiary/aromatic N) is 1. The molecule has 1 aliphatic heterocycles. The number of aliphatic carboxylic acids is 1. The Bertz CT molecular complexity index is 736. The Kier molecular flexibility index (Phi) is 6.60. The van der Waals surface area contributed by atoms with Crippen LogP contribution in [0.15, 0.2) is 36.1 Å². The van der Waals surface area contributed by atoms with Gasteiger partial charge >= 0.3 is 5.97 Å². The third kappa shape index (κ3) is 5.06. The van der Waals surface area contributed by atoms with Crippen LogP contribution in [0, 0.1) is 5.92 Å². The molecule has 1 saturated carbocycles. The summed E-state index contributed by atoms with van der Waals surface area (Å²) in [6.07, 6.45) is 7.48. The quantitative estimate of drug-likeness (QED) is 0.730. The molecule has 1 aromatic carbocycles. The molecule has 1 aliphatic carbocycles. The van der Waals surface area contributed by atoms with Crippen LogP contribution in [0.5, 0.6) is 11.5 Å². The van der Waals surface area contributed by atoms with Crippen LogP contribution in [-0.4, -0.2) is 40.6 Å². The summed E-state index contributed by atoms with van der Waals surface area (Å²) in [6.45, 7) is 4.03. The molecular formula is C22H29NO5. The summed E-state index contributed by atoms with van der Waals surface area (Å²) in [6, 6.07) is 6.47. The van der Waals surface area contributed by atoms with E-state index in [-0.39, 0.29) is 18.6 Å². The fourth-order valence-corrected chi connectivity index (χ4v) is 3.96. The largest absolute Gasteiger partial charge is 0.487 e. The Labute approximate surface area is 166 Å². The van der Waals surface area contributed by atoms with Gasteiger partial charge in [-0.3, -0.25) is 4.79 Å². The highest BCUT2D eigenvalue weighted by Crippen LogP contribution is 2.32. The van der Waals surface area contributed by atoms with Gasteiger partial charge in [0.1, 0.15) is 11.8 Å². The minimum absolute atomic E-state index is 0.00711. The highest BCUT2D eigenvalue weighted by molar-refractivity contribution is 5.94. The Morgan fingerprint density at radius 3 is 2.50 bits per heavy atom. The topological polar surface area (TPSA) is 76.1 Å². The molecule has 6 heteroatoms. The second-order valence-electron chi connectivity index (χ2n) is 7.89. The molecule has 6 nitrogen and oxygen atoms in total. The number of hydrogen-bond donors (Lipinski definition) is 1. The molecule has 1 aromatic rings. The van der Waals surface area contributed by atoms with Crippen LogP contribution in [0.2, 0.25) is 0 Å². The van der Waals surface area contributed by atoms with Crippen molar-refractivity contribution in [2.45, 2.75) is 64.5 Å². The lowest BCUT2D eigenvalue weighted by atomic mass is 9.84. The van der Waals surface area contributed by atoms with E-state index in [0.29, 0.717) is 29.6 Å². The van der Waals surface area contributed by atoms with Gasteiger partial charge in [-0.25, -0.2) is 4.79 Å². The zero-order valence-corrected chi connectivity index (χ0v) is 16.6. The summed E-state index contributed by atoms with van der Waals surface area (Å²) in [5, 5.41) is 9.72. The van der Waals surface area contributed by atoms with Crippen LogP contribution in [0.1, 0.15) is 52.4 Å². The molecule has 0 aromatic heterocycles. The number of rotatable bonds is 8. The Hall–Kier alpha value is -2.50. The molecule has 1 atom stereocenters. The smallest absolute Gasteiger partial charge is 0.326 e. The fourth-order valence-electron chi connectivity index (χ4n) is 3.96. The van der Waals surface area contributed by atoms with Gasteiger partial charge in [0.05, 0.1) is 12.6 Å². The van der Waals surface area contributed by atoms with Gasteiger partial charge in [0, 0.05) is 6.08 Å². The molecule has 3 rings (SSSR count). The monoisotopic (exact) mass is 387 g/mol. The molecule has 0 unspecified atom stereocenters. The van der Waals surface area contributed by atoms with Gasteiger partial charge in [0.25, 0.3) is 5.91 Å². The van der Waals surface area contributed by atoms with Gasteiger partial charge in [-0.2, -0.15) is 0 Å². The summed E-state index contributed by atoms with van der Waals surface area (Å²) in [5.74, 6) is 0.683. The molecule has 1 fully saturated rings. The standard InChI is InChI=1S/C22H29NO5/c1-15(2)27-19-10-6-7-11-20(19)28-17-13-21(24)23(14-17)18(22(25)26)12-16-8-4-3-5-9-16/h6-7,10-11,13,15-16,18H,3-5,8-9,12,14H2,1-2H3,(H,25,26)/t18-/m0/s1. The third-order valence-corrected chi connectivity index (χ3v) is 5.29. The lowest BCUT2D eigenvalue weighted by molar-refractivity contribution is -0.148. The van der Waals surface area contributed by atoms with Crippen molar-refractivity contribution in [1.29, 1.82) is 0 Å². The predicted octanol–water partition coefficient (Wildman–Crippen LogP) is 4.00. The van der Waals surface area contributed by atoms with Gasteiger partial charge in [-0.1, -0.05) is 44.2 Å². The Morgan fingerprint density at radius 2 is 1.86 bits per heavy atom. The number of amides is 1. The van der Waals surface area contributed by atoms with Crippen molar-refractivity contribution in [3.63, 3.8) is 0 Å². The minimum atomic E-state index is -0.947. The molecule has 0 radical (unpaired) electrons. The SMILES string of the molecule is CC(C)Oc1ccccc1OC1=CC(=O)N([C@@H](CC2CCCCC2)C(=O)O)C1. The zero-order valence-electron chi connectivity index (χ0n) is 16.6. The number of carboxylic acids is 1. The van der Waals surface area contributed by atoms with Crippen LogP contribution < -0.4 is 9.47 Å². The van der Waals surface area contributed by atoms with Crippen LogP contribution in [0.25, 0.3) is 0 Å². The molecule has 1 N–H and O–H groups in total. The second-order valence-corrected chi connectivity index (χ2v) is 7.89. The number of carboxylic acid groups (broad SMARTS) is 1. The summed E-state index contributed by atoms with van der Waals surface area (Å²) < 4.78 is 11.7. The molecule has 2 aliphatic rings. The number of carbonyl (C=O) groups is 2. The van der Waals surface area contributed by atoms with Crippen molar-refractivity contribution in [2.24, 2.45) is 5.92 Å². The maximum absolute atomic E-state index is 12.5. The van der Waals surface area contributed by atoms with Gasteiger partial charge in [0.2, 0.25) is 0 Å². The first-order valence-electron chi connectivity index (χ1n) is 10.1. The predicted molar refractivity (Wildman–Crippen MR) is 105 cm³/mol. The maximum atomic E-state index is 12.5. The van der Waals surface area contributed by atoms with Crippen LogP contribution >= 0.6 is 0 Å². The molecule has 0 bridgehead atoms. The summed E-state index contributed by atoms with van der Waals surface area (Å²) >= 11 is 0. The Balaban J connectivity index is 1.68. The van der Waals surface area contributed by atoms with E-state index in [1.807, 2.05) is 32.0 Å².